The molecule has 1 aliphatic rings. The molecule has 2 aromatic rings. The van der Waals surface area contributed by atoms with Crippen LogP contribution in [0, 0.1) is 5.92 Å². The average molecular weight is 315 g/mol. The van der Waals surface area contributed by atoms with Crippen LogP contribution < -0.4 is 5.56 Å². The number of likely N-dealkylation sites (tertiary alicyclic amines) is 1. The lowest BCUT2D eigenvalue weighted by atomic mass is 10.0. The normalized spacial score (nSPS) is 19.0. The topological polar surface area (TPSA) is 75.3 Å². The summed E-state index contributed by atoms with van der Waals surface area (Å²) in [6, 6.07) is 4.80. The number of carbonyl (C=O) groups excluding carboxylic acids is 1. The van der Waals surface area contributed by atoms with Gasteiger partial charge >= 0.3 is 5.97 Å². The molecule has 1 atom stereocenters. The summed E-state index contributed by atoms with van der Waals surface area (Å²) in [6.07, 6.45) is 2.42. The van der Waals surface area contributed by atoms with Gasteiger partial charge in [0.1, 0.15) is 5.82 Å². The Labute approximate surface area is 134 Å². The highest BCUT2D eigenvalue weighted by molar-refractivity contribution is 5.93. The first-order valence-corrected chi connectivity index (χ1v) is 7.90. The SMILES string of the molecule is COC(=O)c1ccc2c(=O)[nH]c(CN3CCCC(C)C3)nc2c1. The fourth-order valence-electron chi connectivity index (χ4n) is 3.15. The zero-order valence-electron chi connectivity index (χ0n) is 13.5. The molecule has 1 aromatic carbocycles. The molecule has 0 radical (unpaired) electrons. The van der Waals surface area contributed by atoms with Crippen molar-refractivity contribution in [2.75, 3.05) is 20.2 Å². The van der Waals surface area contributed by atoms with E-state index < -0.39 is 5.97 Å². The van der Waals surface area contributed by atoms with E-state index in [0.29, 0.717) is 34.8 Å². The van der Waals surface area contributed by atoms with Crippen molar-refractivity contribution in [3.8, 4) is 0 Å². The molecule has 3 rings (SSSR count). The number of H-pyrrole nitrogens is 1. The highest BCUT2D eigenvalue weighted by atomic mass is 16.5. The number of piperidine rings is 1. The molecule has 0 aliphatic carbocycles. The maximum absolute atomic E-state index is 12.2. The van der Waals surface area contributed by atoms with Crippen LogP contribution in [0.2, 0.25) is 0 Å². The van der Waals surface area contributed by atoms with Crippen LogP contribution in [0.4, 0.5) is 0 Å². The smallest absolute Gasteiger partial charge is 0.337 e. The van der Waals surface area contributed by atoms with Crippen LogP contribution in [0.5, 0.6) is 0 Å². The Morgan fingerprint density at radius 1 is 1.48 bits per heavy atom. The number of ether oxygens (including phenoxy) is 1. The summed E-state index contributed by atoms with van der Waals surface area (Å²) in [4.78, 5) is 33.5. The molecule has 1 unspecified atom stereocenters. The highest BCUT2D eigenvalue weighted by Gasteiger charge is 2.17. The number of nitrogens with zero attached hydrogens (tertiary/aromatic N) is 2. The molecule has 1 N–H and O–H groups in total. The zero-order chi connectivity index (χ0) is 16.4. The number of benzene rings is 1. The molecule has 1 aromatic heterocycles. The predicted octanol–water partition coefficient (Wildman–Crippen LogP) is 1.94. The van der Waals surface area contributed by atoms with Crippen LogP contribution in [-0.2, 0) is 11.3 Å². The van der Waals surface area contributed by atoms with Crippen LogP contribution in [0.3, 0.4) is 0 Å². The Kier molecular flexibility index (Phi) is 4.43. The number of esters is 1. The van der Waals surface area contributed by atoms with Crippen LogP contribution in [0.25, 0.3) is 10.9 Å². The Hall–Kier alpha value is -2.21. The minimum absolute atomic E-state index is 0.175. The molecule has 2 heterocycles. The molecule has 6 heteroatoms. The van der Waals surface area contributed by atoms with E-state index in [1.807, 2.05) is 0 Å². The highest BCUT2D eigenvalue weighted by Crippen LogP contribution is 2.17. The number of aromatic nitrogens is 2. The van der Waals surface area contributed by atoms with Gasteiger partial charge in [0.25, 0.3) is 5.56 Å². The van der Waals surface area contributed by atoms with Crippen molar-refractivity contribution < 1.29 is 9.53 Å². The van der Waals surface area contributed by atoms with E-state index in [2.05, 4.69) is 21.8 Å². The third-order valence-electron chi connectivity index (χ3n) is 4.29. The second kappa shape index (κ2) is 6.50. The summed E-state index contributed by atoms with van der Waals surface area (Å²) in [5.41, 5.74) is 0.749. The van der Waals surface area contributed by atoms with Crippen LogP contribution in [-0.4, -0.2) is 41.0 Å². The first kappa shape index (κ1) is 15.7. The van der Waals surface area contributed by atoms with Gasteiger partial charge in [-0.25, -0.2) is 9.78 Å². The van der Waals surface area contributed by atoms with Gasteiger partial charge < -0.3 is 9.72 Å². The number of fused-ring (bicyclic) bond motifs is 1. The Bertz CT molecular complexity index is 784. The molecule has 0 amide bonds. The van der Waals surface area contributed by atoms with E-state index in [1.165, 1.54) is 20.0 Å². The molecular weight excluding hydrogens is 294 g/mol. The molecule has 1 saturated heterocycles. The van der Waals surface area contributed by atoms with Gasteiger partial charge in [-0.1, -0.05) is 6.92 Å². The number of hydrogen-bond donors (Lipinski definition) is 1. The summed E-state index contributed by atoms with van der Waals surface area (Å²) in [7, 11) is 1.33. The molecule has 0 bridgehead atoms. The lowest BCUT2D eigenvalue weighted by molar-refractivity contribution is 0.0601. The molecule has 0 saturated carbocycles. The van der Waals surface area contributed by atoms with Crippen molar-refractivity contribution >= 4 is 16.9 Å². The minimum atomic E-state index is -0.430. The molecule has 23 heavy (non-hydrogen) atoms. The summed E-state index contributed by atoms with van der Waals surface area (Å²) < 4.78 is 4.72. The van der Waals surface area contributed by atoms with Gasteiger partial charge in [0.15, 0.2) is 0 Å². The van der Waals surface area contributed by atoms with Crippen LogP contribution in [0.1, 0.15) is 35.9 Å². The molecule has 1 fully saturated rings. The van der Waals surface area contributed by atoms with Gasteiger partial charge in [-0.05, 0) is 43.5 Å². The Balaban J connectivity index is 1.92. The lowest BCUT2D eigenvalue weighted by Crippen LogP contribution is -2.34. The van der Waals surface area contributed by atoms with Gasteiger partial charge in [0.2, 0.25) is 0 Å². The average Bonchev–Trinajstić information content (AvgIpc) is 2.53. The second-order valence-corrected chi connectivity index (χ2v) is 6.22. The third kappa shape index (κ3) is 3.42. The van der Waals surface area contributed by atoms with Crippen LogP contribution >= 0.6 is 0 Å². The van der Waals surface area contributed by atoms with E-state index in [0.717, 1.165) is 13.1 Å². The number of rotatable bonds is 3. The third-order valence-corrected chi connectivity index (χ3v) is 4.29. The van der Waals surface area contributed by atoms with E-state index >= 15 is 0 Å². The monoisotopic (exact) mass is 315 g/mol. The summed E-state index contributed by atoms with van der Waals surface area (Å²) in [5.74, 6) is 0.876. The van der Waals surface area contributed by atoms with Crippen LogP contribution in [0.15, 0.2) is 23.0 Å². The van der Waals surface area contributed by atoms with Crippen molar-refractivity contribution in [2.45, 2.75) is 26.3 Å². The standard InChI is InChI=1S/C17H21N3O3/c1-11-4-3-7-20(9-11)10-15-18-14-8-12(17(22)23-2)5-6-13(14)16(21)19-15/h5-6,8,11H,3-4,7,9-10H2,1-2H3,(H,18,19,21). The predicted molar refractivity (Wildman–Crippen MR) is 87.4 cm³/mol. The van der Waals surface area contributed by atoms with Crippen molar-refractivity contribution in [3.63, 3.8) is 0 Å². The Morgan fingerprint density at radius 3 is 3.04 bits per heavy atom. The molecule has 0 spiro atoms. The first-order valence-electron chi connectivity index (χ1n) is 7.90. The van der Waals surface area contributed by atoms with Gasteiger partial charge in [0, 0.05) is 6.54 Å². The maximum atomic E-state index is 12.2. The molecule has 1 aliphatic heterocycles. The second-order valence-electron chi connectivity index (χ2n) is 6.22. The quantitative estimate of drug-likeness (QED) is 0.876. The van der Waals surface area contributed by atoms with E-state index in [-0.39, 0.29) is 5.56 Å². The van der Waals surface area contributed by atoms with Gasteiger partial charge in [0.05, 0.1) is 30.1 Å². The molecule has 6 nitrogen and oxygen atoms in total. The summed E-state index contributed by atoms with van der Waals surface area (Å²) in [6.45, 7) is 4.90. The largest absolute Gasteiger partial charge is 0.465 e. The van der Waals surface area contributed by atoms with Crippen molar-refractivity contribution in [1.29, 1.82) is 0 Å². The number of carbonyl (C=O) groups is 1. The van der Waals surface area contributed by atoms with E-state index in [4.69, 9.17) is 4.74 Å². The van der Waals surface area contributed by atoms with Gasteiger partial charge in [-0.15, -0.1) is 0 Å². The minimum Gasteiger partial charge on any atom is -0.465 e. The van der Waals surface area contributed by atoms with E-state index in [1.54, 1.807) is 18.2 Å². The van der Waals surface area contributed by atoms with Crippen molar-refractivity contribution in [3.05, 3.63) is 39.9 Å². The summed E-state index contributed by atoms with van der Waals surface area (Å²) in [5, 5.41) is 0.480. The number of aromatic amines is 1. The number of methoxy groups -OCH3 is 1. The van der Waals surface area contributed by atoms with Gasteiger partial charge in [-0.2, -0.15) is 0 Å². The van der Waals surface area contributed by atoms with Gasteiger partial charge in [-0.3, -0.25) is 9.69 Å². The fraction of sp³-hybridized carbons (Fsp3) is 0.471. The fourth-order valence-corrected chi connectivity index (χ4v) is 3.15. The first-order chi connectivity index (χ1) is 11.1. The zero-order valence-corrected chi connectivity index (χ0v) is 13.5. The maximum Gasteiger partial charge on any atom is 0.337 e. The van der Waals surface area contributed by atoms with E-state index in [9.17, 15) is 9.59 Å². The number of nitrogens with one attached hydrogen (secondary N) is 1. The Morgan fingerprint density at radius 2 is 2.30 bits per heavy atom. The number of hydrogen-bond acceptors (Lipinski definition) is 5. The lowest BCUT2D eigenvalue weighted by Gasteiger charge is -2.30. The molecular formula is C17H21N3O3. The van der Waals surface area contributed by atoms with Crippen molar-refractivity contribution in [2.24, 2.45) is 5.92 Å². The summed E-state index contributed by atoms with van der Waals surface area (Å²) >= 11 is 0. The molecule has 122 valence electrons. The van der Waals surface area contributed by atoms with Crippen molar-refractivity contribution in [1.82, 2.24) is 14.9 Å².